The summed E-state index contributed by atoms with van der Waals surface area (Å²) in [6.45, 7) is 3.42. The Balaban J connectivity index is 0.00000312. The van der Waals surface area contributed by atoms with Crippen LogP contribution >= 0.6 is 35.3 Å². The first-order chi connectivity index (χ1) is 11.7. The minimum Gasteiger partial charge on any atom is -0.352 e. The summed E-state index contributed by atoms with van der Waals surface area (Å²) in [5, 5.41) is 13.6. The molecule has 1 heterocycles. The number of thiophene rings is 1. The summed E-state index contributed by atoms with van der Waals surface area (Å²) in [5.74, 6) is 0.822. The van der Waals surface area contributed by atoms with Crippen molar-refractivity contribution >= 4 is 52.9 Å². The maximum atomic E-state index is 11.6. The van der Waals surface area contributed by atoms with Gasteiger partial charge in [-0.05, 0) is 46.5 Å². The molecule has 0 bridgehead atoms. The van der Waals surface area contributed by atoms with E-state index in [1.807, 2.05) is 31.2 Å². The number of hydrogen-bond acceptors (Lipinski definition) is 3. The van der Waals surface area contributed by atoms with Crippen LogP contribution in [0.25, 0.3) is 0 Å². The summed E-state index contributed by atoms with van der Waals surface area (Å²) < 4.78 is 0. The highest BCUT2D eigenvalue weighted by Crippen LogP contribution is 2.10. The van der Waals surface area contributed by atoms with Crippen molar-refractivity contribution in [2.45, 2.75) is 32.9 Å². The molecule has 2 rings (SSSR count). The first kappa shape index (κ1) is 21.4. The lowest BCUT2D eigenvalue weighted by atomic mass is 10.2. The van der Waals surface area contributed by atoms with E-state index >= 15 is 0 Å². The van der Waals surface area contributed by atoms with Crippen LogP contribution in [0.1, 0.15) is 30.9 Å². The fourth-order valence-corrected chi connectivity index (χ4v) is 2.81. The van der Waals surface area contributed by atoms with Crippen molar-refractivity contribution in [3.8, 4) is 0 Å². The van der Waals surface area contributed by atoms with Gasteiger partial charge in [0.1, 0.15) is 0 Å². The second-order valence-corrected chi connectivity index (χ2v) is 6.19. The lowest BCUT2D eigenvalue weighted by Gasteiger charge is -2.12. The zero-order valence-electron chi connectivity index (χ0n) is 14.5. The molecular formula is C18H25IN4OS. The summed E-state index contributed by atoms with van der Waals surface area (Å²) in [6, 6.07) is 9.94. The highest BCUT2D eigenvalue weighted by molar-refractivity contribution is 14.0. The predicted octanol–water partition coefficient (Wildman–Crippen LogP) is 3.97. The normalized spacial score (nSPS) is 10.7. The van der Waals surface area contributed by atoms with Gasteiger partial charge in [0.2, 0.25) is 5.91 Å². The van der Waals surface area contributed by atoms with Gasteiger partial charge in [-0.25, -0.2) is 0 Å². The Morgan fingerprint density at radius 3 is 2.32 bits per heavy atom. The number of amides is 1. The fraction of sp³-hybridized carbons (Fsp3) is 0.333. The molecule has 0 aliphatic heterocycles. The Labute approximate surface area is 170 Å². The van der Waals surface area contributed by atoms with Gasteiger partial charge in [0.05, 0.1) is 0 Å². The average molecular weight is 472 g/mol. The minimum absolute atomic E-state index is 0. The Hall–Kier alpha value is -1.61. The van der Waals surface area contributed by atoms with E-state index in [2.05, 4.69) is 37.8 Å². The molecule has 5 nitrogen and oxygen atoms in total. The summed E-state index contributed by atoms with van der Waals surface area (Å²) in [6.07, 6.45) is 1.40. The molecule has 0 fully saturated rings. The first-order valence-electron chi connectivity index (χ1n) is 8.05. The molecule has 0 aliphatic carbocycles. The summed E-state index contributed by atoms with van der Waals surface area (Å²) in [7, 11) is 1.76. The minimum atomic E-state index is 0. The Morgan fingerprint density at radius 2 is 1.76 bits per heavy atom. The van der Waals surface area contributed by atoms with Crippen LogP contribution in [0.15, 0.2) is 46.1 Å². The van der Waals surface area contributed by atoms with Gasteiger partial charge in [-0.1, -0.05) is 19.1 Å². The second-order valence-electron chi connectivity index (χ2n) is 5.41. The molecule has 0 saturated carbocycles. The molecule has 0 radical (unpaired) electrons. The average Bonchev–Trinajstić information content (AvgIpc) is 3.10. The van der Waals surface area contributed by atoms with Crippen LogP contribution in [0.4, 0.5) is 5.69 Å². The van der Waals surface area contributed by atoms with Crippen LogP contribution < -0.4 is 16.0 Å². The van der Waals surface area contributed by atoms with Crippen molar-refractivity contribution in [2.24, 2.45) is 4.99 Å². The molecule has 0 aliphatic rings. The zero-order valence-corrected chi connectivity index (χ0v) is 17.7. The molecule has 0 saturated heterocycles. The van der Waals surface area contributed by atoms with E-state index in [-0.39, 0.29) is 29.9 Å². The van der Waals surface area contributed by atoms with Gasteiger partial charge >= 0.3 is 0 Å². The van der Waals surface area contributed by atoms with Crippen molar-refractivity contribution < 1.29 is 4.79 Å². The number of halogens is 1. The summed E-state index contributed by atoms with van der Waals surface area (Å²) in [4.78, 5) is 15.8. The van der Waals surface area contributed by atoms with E-state index in [4.69, 9.17) is 0 Å². The molecule has 2 aromatic rings. The van der Waals surface area contributed by atoms with Gasteiger partial charge in [-0.3, -0.25) is 9.79 Å². The van der Waals surface area contributed by atoms with E-state index in [0.29, 0.717) is 13.0 Å². The van der Waals surface area contributed by atoms with Crippen molar-refractivity contribution in [3.05, 3.63) is 52.2 Å². The lowest BCUT2D eigenvalue weighted by Crippen LogP contribution is -2.36. The van der Waals surface area contributed by atoms with Crippen LogP contribution in [0.2, 0.25) is 0 Å². The molecule has 3 N–H and O–H groups in total. The van der Waals surface area contributed by atoms with Crippen LogP contribution in [-0.4, -0.2) is 18.9 Å². The lowest BCUT2D eigenvalue weighted by molar-refractivity contribution is -0.116. The van der Waals surface area contributed by atoms with Crippen molar-refractivity contribution in [3.63, 3.8) is 0 Å². The summed E-state index contributed by atoms with van der Waals surface area (Å²) in [5.41, 5.74) is 3.20. The topological polar surface area (TPSA) is 65.5 Å². The largest absolute Gasteiger partial charge is 0.352 e. The number of aliphatic imine (C=N–C) groups is 1. The van der Waals surface area contributed by atoms with Crippen LogP contribution in [-0.2, 0) is 17.9 Å². The number of carbonyl (C=O) groups is 1. The van der Waals surface area contributed by atoms with Crippen molar-refractivity contribution in [2.75, 3.05) is 12.4 Å². The molecule has 25 heavy (non-hydrogen) atoms. The van der Waals surface area contributed by atoms with Crippen LogP contribution in [0.3, 0.4) is 0 Å². The molecule has 0 unspecified atom stereocenters. The number of rotatable bonds is 7. The van der Waals surface area contributed by atoms with Crippen LogP contribution in [0, 0.1) is 0 Å². The predicted molar refractivity (Wildman–Crippen MR) is 117 cm³/mol. The van der Waals surface area contributed by atoms with Crippen molar-refractivity contribution in [1.82, 2.24) is 10.6 Å². The zero-order chi connectivity index (χ0) is 17.2. The van der Waals surface area contributed by atoms with Gasteiger partial charge < -0.3 is 16.0 Å². The first-order valence-corrected chi connectivity index (χ1v) is 9.00. The SMILES string of the molecule is CCCC(=O)Nc1ccc(CNC(=NC)NCc2ccsc2)cc1.I. The van der Waals surface area contributed by atoms with E-state index in [0.717, 1.165) is 30.2 Å². The number of hydrogen-bond donors (Lipinski definition) is 3. The molecule has 7 heteroatoms. The molecular weight excluding hydrogens is 447 g/mol. The number of carbonyl (C=O) groups excluding carboxylic acids is 1. The fourth-order valence-electron chi connectivity index (χ4n) is 2.14. The van der Waals surface area contributed by atoms with Gasteiger partial charge in [-0.15, -0.1) is 24.0 Å². The smallest absolute Gasteiger partial charge is 0.224 e. The quantitative estimate of drug-likeness (QED) is 0.325. The number of benzene rings is 1. The molecule has 136 valence electrons. The van der Waals surface area contributed by atoms with Gasteiger partial charge in [0, 0.05) is 32.2 Å². The molecule has 1 amide bonds. The highest BCUT2D eigenvalue weighted by atomic mass is 127. The molecule has 1 aromatic carbocycles. The number of nitrogens with one attached hydrogen (secondary N) is 3. The third kappa shape index (κ3) is 7.87. The van der Waals surface area contributed by atoms with Crippen LogP contribution in [0.5, 0.6) is 0 Å². The van der Waals surface area contributed by atoms with E-state index in [1.54, 1.807) is 18.4 Å². The Bertz CT molecular complexity index is 656. The Morgan fingerprint density at radius 1 is 1.08 bits per heavy atom. The van der Waals surface area contributed by atoms with E-state index in [9.17, 15) is 4.79 Å². The number of guanidine groups is 1. The van der Waals surface area contributed by atoms with Crippen molar-refractivity contribution in [1.29, 1.82) is 0 Å². The van der Waals surface area contributed by atoms with Gasteiger partial charge in [0.25, 0.3) is 0 Å². The standard InChI is InChI=1S/C18H24N4OS.HI/c1-3-4-17(23)22-16-7-5-14(6-8-16)11-20-18(19-2)21-12-15-9-10-24-13-15;/h5-10,13H,3-4,11-12H2,1-2H3,(H,22,23)(H2,19,20,21);1H. The van der Waals surface area contributed by atoms with Gasteiger partial charge in [-0.2, -0.15) is 11.3 Å². The van der Waals surface area contributed by atoms with Gasteiger partial charge in [0.15, 0.2) is 5.96 Å². The maximum Gasteiger partial charge on any atom is 0.224 e. The highest BCUT2D eigenvalue weighted by Gasteiger charge is 2.02. The Kier molecular flexibility index (Phi) is 10.2. The second kappa shape index (κ2) is 11.9. The monoisotopic (exact) mass is 472 g/mol. The third-order valence-electron chi connectivity index (χ3n) is 3.44. The number of nitrogens with zero attached hydrogens (tertiary/aromatic N) is 1. The molecule has 0 atom stereocenters. The third-order valence-corrected chi connectivity index (χ3v) is 4.17. The van der Waals surface area contributed by atoms with E-state index in [1.165, 1.54) is 5.56 Å². The van der Waals surface area contributed by atoms with E-state index < -0.39 is 0 Å². The molecule has 1 aromatic heterocycles. The number of anilines is 1. The summed E-state index contributed by atoms with van der Waals surface area (Å²) >= 11 is 1.69. The molecule has 0 spiro atoms. The maximum absolute atomic E-state index is 11.6.